The molecule has 1 unspecified atom stereocenters. The molecule has 0 bridgehead atoms. The van der Waals surface area contributed by atoms with E-state index in [0.717, 1.165) is 12.8 Å². The maximum atomic E-state index is 13.5. The van der Waals surface area contributed by atoms with Gasteiger partial charge in [0.05, 0.1) is 12.2 Å². The van der Waals surface area contributed by atoms with Crippen LogP contribution in [0, 0.1) is 44.9 Å². The van der Waals surface area contributed by atoms with Crippen molar-refractivity contribution >= 4 is 23.3 Å². The summed E-state index contributed by atoms with van der Waals surface area (Å²) in [7, 11) is 1.62. The highest BCUT2D eigenvalue weighted by atomic mass is 19.1. The van der Waals surface area contributed by atoms with E-state index in [2.05, 4.69) is 16.6 Å². The van der Waals surface area contributed by atoms with Crippen molar-refractivity contribution < 1.29 is 23.9 Å². The summed E-state index contributed by atoms with van der Waals surface area (Å²) in [4.78, 5) is 38.7. The van der Waals surface area contributed by atoms with Gasteiger partial charge in [-0.1, -0.05) is 5.92 Å². The molecule has 1 atom stereocenters. The number of nitrogens with zero attached hydrogens (tertiary/aromatic N) is 1. The molecule has 2 aromatic rings. The first-order chi connectivity index (χ1) is 15.1. The Kier molecular flexibility index (Phi) is 6.24. The first-order valence-electron chi connectivity index (χ1n) is 10.2. The molecule has 32 heavy (non-hydrogen) atoms. The molecule has 1 saturated carbocycles. The molecule has 1 fully saturated rings. The summed E-state index contributed by atoms with van der Waals surface area (Å²) in [5.74, 6) is -0.283. The lowest BCUT2D eigenvalue weighted by Gasteiger charge is -2.27. The molecule has 8 heteroatoms. The number of amides is 2. The summed E-state index contributed by atoms with van der Waals surface area (Å²) in [5, 5.41) is 15.0. The quantitative estimate of drug-likeness (QED) is 0.350. The Morgan fingerprint density at radius 2 is 1.94 bits per heavy atom. The third kappa shape index (κ3) is 4.04. The van der Waals surface area contributed by atoms with Gasteiger partial charge in [0.15, 0.2) is 0 Å². The minimum Gasteiger partial charge on any atom is -0.393 e. The topological polar surface area (TPSA) is 100 Å². The predicted octanol–water partition coefficient (Wildman–Crippen LogP) is 2.41. The van der Waals surface area contributed by atoms with E-state index in [1.165, 1.54) is 22.8 Å². The van der Waals surface area contributed by atoms with Crippen molar-refractivity contribution in [2.45, 2.75) is 39.2 Å². The minimum atomic E-state index is -1.27. The molecule has 2 amide bonds. The molecule has 3 rings (SSSR count). The Bertz CT molecular complexity index is 1160. The highest BCUT2D eigenvalue weighted by Crippen LogP contribution is 2.39. The van der Waals surface area contributed by atoms with E-state index in [9.17, 15) is 23.9 Å². The van der Waals surface area contributed by atoms with Crippen LogP contribution in [0.15, 0.2) is 18.2 Å². The van der Waals surface area contributed by atoms with Gasteiger partial charge in [0.2, 0.25) is 0 Å². The molecule has 1 aromatic heterocycles. The summed E-state index contributed by atoms with van der Waals surface area (Å²) in [6.45, 7) is 4.33. The number of hydrogen-bond donors (Lipinski definition) is 3. The van der Waals surface area contributed by atoms with Gasteiger partial charge >= 0.3 is 0 Å². The Morgan fingerprint density at radius 3 is 2.47 bits per heavy atom. The number of Topliss-reactive ketones (excluding diaryl/α,β-unsaturated/α-hetero) is 1. The smallest absolute Gasteiger partial charge is 0.293 e. The van der Waals surface area contributed by atoms with Gasteiger partial charge in [0.25, 0.3) is 17.6 Å². The second kappa shape index (κ2) is 8.60. The molecule has 168 valence electrons. The summed E-state index contributed by atoms with van der Waals surface area (Å²) in [6, 6.07) is 4.20. The van der Waals surface area contributed by atoms with Crippen LogP contribution in [0.3, 0.4) is 0 Å². The van der Waals surface area contributed by atoms with Gasteiger partial charge in [-0.3, -0.25) is 14.4 Å². The number of halogens is 1. The number of ketones is 1. The SMILES string of the molecule is C#CC(CO)(NC(=O)C(=O)c1c(C)c(C(=O)Nc2ccc(F)c(C)c2)n(C)c1C)C1CC1. The maximum Gasteiger partial charge on any atom is 0.293 e. The maximum absolute atomic E-state index is 13.5. The zero-order valence-electron chi connectivity index (χ0n) is 18.5. The van der Waals surface area contributed by atoms with Crippen LogP contribution < -0.4 is 10.6 Å². The molecule has 1 aliphatic rings. The lowest BCUT2D eigenvalue weighted by molar-refractivity contribution is -0.119. The molecule has 1 aliphatic carbocycles. The third-order valence-corrected chi connectivity index (χ3v) is 6.11. The first kappa shape index (κ1) is 23.2. The van der Waals surface area contributed by atoms with Crippen LogP contribution in [-0.2, 0) is 11.8 Å². The average molecular weight is 439 g/mol. The van der Waals surface area contributed by atoms with Gasteiger partial charge in [0.1, 0.15) is 17.1 Å². The Morgan fingerprint density at radius 1 is 1.28 bits per heavy atom. The zero-order valence-corrected chi connectivity index (χ0v) is 18.5. The second-order valence-corrected chi connectivity index (χ2v) is 8.24. The summed E-state index contributed by atoms with van der Waals surface area (Å²) in [6.07, 6.45) is 7.07. The van der Waals surface area contributed by atoms with E-state index in [1.807, 2.05) is 0 Å². The molecule has 1 aromatic carbocycles. The lowest BCUT2D eigenvalue weighted by atomic mass is 9.94. The second-order valence-electron chi connectivity index (χ2n) is 8.24. The van der Waals surface area contributed by atoms with Gasteiger partial charge in [-0.25, -0.2) is 4.39 Å². The molecular weight excluding hydrogens is 413 g/mol. The van der Waals surface area contributed by atoms with Crippen LogP contribution >= 0.6 is 0 Å². The number of carbonyl (C=O) groups is 3. The Hall–Kier alpha value is -3.44. The highest BCUT2D eigenvalue weighted by molar-refractivity contribution is 6.44. The van der Waals surface area contributed by atoms with Crippen LogP contribution in [0.5, 0.6) is 0 Å². The van der Waals surface area contributed by atoms with Gasteiger partial charge in [-0.15, -0.1) is 6.42 Å². The molecule has 0 saturated heterocycles. The highest BCUT2D eigenvalue weighted by Gasteiger charge is 2.46. The van der Waals surface area contributed by atoms with Crippen LogP contribution in [0.25, 0.3) is 0 Å². The third-order valence-electron chi connectivity index (χ3n) is 6.11. The van der Waals surface area contributed by atoms with Crippen LogP contribution in [0.4, 0.5) is 10.1 Å². The number of aliphatic hydroxyl groups is 1. The van der Waals surface area contributed by atoms with E-state index < -0.39 is 29.7 Å². The standard InChI is InChI=1S/C24H26FN3O4/c1-6-24(12-29,16-7-8-16)27-23(32)21(30)19-14(3)20(28(5)15(19)4)22(31)26-17-9-10-18(25)13(2)11-17/h1,9-11,16,29H,7-8,12H2,2-5H3,(H,26,31)(H,27,32). The van der Waals surface area contributed by atoms with Gasteiger partial charge < -0.3 is 20.3 Å². The number of aliphatic hydroxyl groups excluding tert-OH is 1. The van der Waals surface area contributed by atoms with Crippen molar-refractivity contribution in [2.24, 2.45) is 13.0 Å². The first-order valence-corrected chi connectivity index (χ1v) is 10.2. The molecule has 7 nitrogen and oxygen atoms in total. The fourth-order valence-electron chi connectivity index (χ4n) is 3.97. The normalized spacial score (nSPS) is 14.9. The molecule has 3 N–H and O–H groups in total. The summed E-state index contributed by atoms with van der Waals surface area (Å²) >= 11 is 0. The van der Waals surface area contributed by atoms with E-state index in [1.54, 1.807) is 27.8 Å². The van der Waals surface area contributed by atoms with Crippen molar-refractivity contribution in [1.29, 1.82) is 0 Å². The molecular formula is C24H26FN3O4. The van der Waals surface area contributed by atoms with E-state index in [4.69, 9.17) is 6.42 Å². The number of carbonyl (C=O) groups excluding carboxylic acids is 3. The largest absolute Gasteiger partial charge is 0.393 e. The number of benzene rings is 1. The van der Waals surface area contributed by atoms with Crippen LogP contribution in [-0.4, -0.2) is 39.4 Å². The van der Waals surface area contributed by atoms with Gasteiger partial charge in [-0.05, 0) is 68.9 Å². The molecule has 0 radical (unpaired) electrons. The van der Waals surface area contributed by atoms with Gasteiger partial charge in [0, 0.05) is 18.4 Å². The van der Waals surface area contributed by atoms with E-state index in [-0.39, 0.29) is 23.0 Å². The zero-order chi connectivity index (χ0) is 23.8. The molecule has 0 spiro atoms. The number of anilines is 1. The fraction of sp³-hybridized carbons (Fsp3) is 0.375. The van der Waals surface area contributed by atoms with Crippen molar-refractivity contribution in [3.8, 4) is 12.3 Å². The van der Waals surface area contributed by atoms with Crippen molar-refractivity contribution in [1.82, 2.24) is 9.88 Å². The lowest BCUT2D eigenvalue weighted by Crippen LogP contribution is -2.54. The predicted molar refractivity (Wildman–Crippen MR) is 118 cm³/mol. The average Bonchev–Trinajstić information content (AvgIpc) is 3.57. The monoisotopic (exact) mass is 439 g/mol. The van der Waals surface area contributed by atoms with Crippen LogP contribution in [0.2, 0.25) is 0 Å². The van der Waals surface area contributed by atoms with Gasteiger partial charge in [-0.2, -0.15) is 0 Å². The van der Waals surface area contributed by atoms with Crippen molar-refractivity contribution in [2.75, 3.05) is 11.9 Å². The minimum absolute atomic E-state index is 0.0762. The van der Waals surface area contributed by atoms with E-state index >= 15 is 0 Å². The molecule has 1 heterocycles. The number of aryl methyl sites for hydroxylation is 1. The van der Waals surface area contributed by atoms with Crippen molar-refractivity contribution in [3.05, 3.63) is 52.1 Å². The van der Waals surface area contributed by atoms with Crippen LogP contribution in [0.1, 0.15) is 50.5 Å². The molecule has 0 aliphatic heterocycles. The van der Waals surface area contributed by atoms with Crippen molar-refractivity contribution in [3.63, 3.8) is 0 Å². The fourth-order valence-corrected chi connectivity index (χ4v) is 3.97. The number of terminal acetylenes is 1. The number of nitrogens with one attached hydrogen (secondary N) is 2. The summed E-state index contributed by atoms with van der Waals surface area (Å²) in [5.41, 5.74) is 0.589. The number of aromatic nitrogens is 1. The van der Waals surface area contributed by atoms with E-state index in [0.29, 0.717) is 22.5 Å². The Labute approximate surface area is 186 Å². The number of hydrogen-bond acceptors (Lipinski definition) is 4. The number of rotatable bonds is 7. The summed E-state index contributed by atoms with van der Waals surface area (Å²) < 4.78 is 15.0. The Balaban J connectivity index is 1.88.